The minimum atomic E-state index is -3.43. The number of hydrogen-bond donors (Lipinski definition) is 2. The van der Waals surface area contributed by atoms with E-state index in [1.807, 2.05) is 0 Å². The van der Waals surface area contributed by atoms with Crippen molar-refractivity contribution in [3.05, 3.63) is 74.4 Å². The second-order valence-corrected chi connectivity index (χ2v) is 10.1. The van der Waals surface area contributed by atoms with Crippen LogP contribution in [-0.2, 0) is 9.84 Å². The topological polar surface area (TPSA) is 92.3 Å². The summed E-state index contributed by atoms with van der Waals surface area (Å²) in [5.74, 6) is -0.838. The van der Waals surface area contributed by atoms with Gasteiger partial charge in [0.25, 0.3) is 11.8 Å². The van der Waals surface area contributed by atoms with Gasteiger partial charge in [-0.05, 0) is 48.5 Å². The molecule has 2 aromatic carbocycles. The van der Waals surface area contributed by atoms with Gasteiger partial charge in [-0.1, -0.05) is 29.3 Å². The molecular formula is C19H14Cl2N2O4S2. The van der Waals surface area contributed by atoms with Gasteiger partial charge in [-0.15, -0.1) is 11.3 Å². The Morgan fingerprint density at radius 3 is 2.31 bits per heavy atom. The zero-order valence-corrected chi connectivity index (χ0v) is 18.0. The number of rotatable bonds is 5. The van der Waals surface area contributed by atoms with Crippen LogP contribution in [0.25, 0.3) is 0 Å². The maximum atomic E-state index is 12.5. The van der Waals surface area contributed by atoms with Gasteiger partial charge in [-0.25, -0.2) is 8.42 Å². The first-order valence-electron chi connectivity index (χ1n) is 8.11. The first kappa shape index (κ1) is 21.3. The molecule has 0 radical (unpaired) electrons. The van der Waals surface area contributed by atoms with Crippen LogP contribution in [0.5, 0.6) is 0 Å². The van der Waals surface area contributed by atoms with E-state index in [2.05, 4.69) is 10.6 Å². The molecule has 3 aromatic rings. The van der Waals surface area contributed by atoms with Crippen molar-refractivity contribution in [2.24, 2.45) is 0 Å². The molecule has 150 valence electrons. The van der Waals surface area contributed by atoms with Crippen molar-refractivity contribution < 1.29 is 18.0 Å². The van der Waals surface area contributed by atoms with Crippen LogP contribution in [0.1, 0.15) is 20.0 Å². The summed E-state index contributed by atoms with van der Waals surface area (Å²) in [5.41, 5.74) is 0.941. The lowest BCUT2D eigenvalue weighted by Gasteiger charge is -2.10. The smallest absolute Gasteiger partial charge is 0.265 e. The van der Waals surface area contributed by atoms with E-state index in [1.165, 1.54) is 36.4 Å². The first-order valence-corrected chi connectivity index (χ1v) is 11.6. The molecule has 10 heteroatoms. The summed E-state index contributed by atoms with van der Waals surface area (Å²) in [7, 11) is -3.43. The van der Waals surface area contributed by atoms with Crippen molar-refractivity contribution in [3.8, 4) is 0 Å². The van der Waals surface area contributed by atoms with Crippen molar-refractivity contribution >= 4 is 67.6 Å². The monoisotopic (exact) mass is 468 g/mol. The summed E-state index contributed by atoms with van der Waals surface area (Å²) in [5, 5.41) is 5.53. The molecule has 3 rings (SSSR count). The van der Waals surface area contributed by atoms with Gasteiger partial charge in [0.05, 0.1) is 24.8 Å². The van der Waals surface area contributed by atoms with E-state index in [9.17, 15) is 18.0 Å². The van der Waals surface area contributed by atoms with E-state index in [0.717, 1.165) is 17.6 Å². The summed E-state index contributed by atoms with van der Waals surface area (Å²) in [6, 6.07) is 13.6. The number of amides is 2. The van der Waals surface area contributed by atoms with Crippen molar-refractivity contribution in [2.45, 2.75) is 4.90 Å². The number of carbonyl (C=O) groups excluding carboxylic acids is 2. The van der Waals surface area contributed by atoms with Gasteiger partial charge in [-0.3, -0.25) is 9.59 Å². The number of thiophene rings is 1. The summed E-state index contributed by atoms with van der Waals surface area (Å²) >= 11 is 13.2. The van der Waals surface area contributed by atoms with E-state index in [4.69, 9.17) is 23.2 Å². The largest absolute Gasteiger partial charge is 0.321 e. The van der Waals surface area contributed by atoms with Crippen molar-refractivity contribution in [1.29, 1.82) is 0 Å². The number of halogens is 2. The zero-order valence-electron chi connectivity index (χ0n) is 14.9. The molecular weight excluding hydrogens is 455 g/mol. The molecule has 0 saturated carbocycles. The lowest BCUT2D eigenvalue weighted by atomic mass is 10.2. The van der Waals surface area contributed by atoms with Gasteiger partial charge in [0.15, 0.2) is 9.84 Å². The molecule has 0 aliphatic rings. The van der Waals surface area contributed by atoms with E-state index in [0.29, 0.717) is 20.6 Å². The Bertz CT molecular complexity index is 1210. The molecule has 0 bridgehead atoms. The van der Waals surface area contributed by atoms with E-state index >= 15 is 0 Å². The van der Waals surface area contributed by atoms with E-state index in [1.54, 1.807) is 18.2 Å². The molecule has 0 saturated heterocycles. The second kappa shape index (κ2) is 8.54. The molecule has 0 atom stereocenters. The van der Waals surface area contributed by atoms with Gasteiger partial charge < -0.3 is 10.6 Å². The lowest BCUT2D eigenvalue weighted by molar-refractivity contribution is 0.102. The minimum absolute atomic E-state index is 0.0444. The van der Waals surface area contributed by atoms with Gasteiger partial charge in [-0.2, -0.15) is 0 Å². The zero-order chi connectivity index (χ0) is 21.2. The highest BCUT2D eigenvalue weighted by atomic mass is 35.5. The molecule has 0 spiro atoms. The maximum Gasteiger partial charge on any atom is 0.265 e. The normalized spacial score (nSPS) is 11.1. The third-order valence-corrected chi connectivity index (χ3v) is 6.45. The van der Waals surface area contributed by atoms with Crippen LogP contribution >= 0.6 is 34.5 Å². The van der Waals surface area contributed by atoms with Crippen LogP contribution in [0.3, 0.4) is 0 Å². The van der Waals surface area contributed by atoms with Crippen molar-refractivity contribution in [1.82, 2.24) is 0 Å². The molecule has 1 aromatic heterocycles. The Hall–Kier alpha value is -2.39. The first-order chi connectivity index (χ1) is 13.6. The summed E-state index contributed by atoms with van der Waals surface area (Å²) in [4.78, 5) is 25.1. The van der Waals surface area contributed by atoms with Gasteiger partial charge in [0.1, 0.15) is 0 Å². The number of hydrogen-bond acceptors (Lipinski definition) is 5. The fraction of sp³-hybridized carbons (Fsp3) is 0.0526. The number of benzene rings is 2. The Morgan fingerprint density at radius 2 is 1.69 bits per heavy atom. The molecule has 6 nitrogen and oxygen atoms in total. The Labute approximate surface area is 181 Å². The predicted molar refractivity (Wildman–Crippen MR) is 116 cm³/mol. The minimum Gasteiger partial charge on any atom is -0.321 e. The lowest BCUT2D eigenvalue weighted by Crippen LogP contribution is -2.14. The van der Waals surface area contributed by atoms with E-state index < -0.39 is 15.7 Å². The fourth-order valence-electron chi connectivity index (χ4n) is 2.39. The fourth-order valence-corrected chi connectivity index (χ4v) is 4.22. The molecule has 1 heterocycles. The third-order valence-electron chi connectivity index (χ3n) is 3.80. The highest BCUT2D eigenvalue weighted by Crippen LogP contribution is 2.28. The number of sulfone groups is 1. The van der Waals surface area contributed by atoms with Crippen LogP contribution in [0.15, 0.2) is 59.5 Å². The molecule has 2 amide bonds. The Kier molecular flexibility index (Phi) is 6.28. The quantitative estimate of drug-likeness (QED) is 0.552. The SMILES string of the molecule is CS(=O)(=O)c1cccc(C(=O)Nc2ccc(NC(=O)c3ccc(Cl)s3)cc2Cl)c1. The predicted octanol–water partition coefficient (Wildman–Crippen LogP) is 4.96. The van der Waals surface area contributed by atoms with Crippen molar-refractivity contribution in [3.63, 3.8) is 0 Å². The second-order valence-electron chi connectivity index (χ2n) is 6.01. The highest BCUT2D eigenvalue weighted by molar-refractivity contribution is 7.90. The highest BCUT2D eigenvalue weighted by Gasteiger charge is 2.14. The average molecular weight is 469 g/mol. The Morgan fingerprint density at radius 1 is 0.931 bits per heavy atom. The maximum absolute atomic E-state index is 12.5. The van der Waals surface area contributed by atoms with Gasteiger partial charge in [0, 0.05) is 17.5 Å². The number of anilines is 2. The standard InChI is InChI=1S/C19H14Cl2N2O4S2/c1-29(26,27)13-4-2-3-11(9-13)18(24)23-15-6-5-12(10-14(15)20)22-19(25)16-7-8-17(21)28-16/h2-10H,1H3,(H,22,25)(H,23,24). The molecule has 29 heavy (non-hydrogen) atoms. The van der Waals surface area contributed by atoms with Crippen LogP contribution < -0.4 is 10.6 Å². The summed E-state index contributed by atoms with van der Waals surface area (Å²) in [6.07, 6.45) is 1.07. The molecule has 0 fully saturated rings. The molecule has 0 unspecified atom stereocenters. The van der Waals surface area contributed by atoms with Crippen LogP contribution in [0.2, 0.25) is 9.36 Å². The summed E-state index contributed by atoms with van der Waals surface area (Å²) in [6.45, 7) is 0. The summed E-state index contributed by atoms with van der Waals surface area (Å²) < 4.78 is 23.8. The Balaban J connectivity index is 1.74. The number of carbonyl (C=O) groups is 2. The van der Waals surface area contributed by atoms with Crippen LogP contribution in [-0.4, -0.2) is 26.5 Å². The molecule has 2 N–H and O–H groups in total. The molecule has 0 aliphatic heterocycles. The van der Waals surface area contributed by atoms with Gasteiger partial charge >= 0.3 is 0 Å². The van der Waals surface area contributed by atoms with Crippen LogP contribution in [0, 0.1) is 0 Å². The third kappa shape index (κ3) is 5.36. The molecule has 0 aliphatic carbocycles. The van der Waals surface area contributed by atoms with E-state index in [-0.39, 0.29) is 21.4 Å². The average Bonchev–Trinajstić information content (AvgIpc) is 3.10. The van der Waals surface area contributed by atoms with Gasteiger partial charge in [0.2, 0.25) is 0 Å². The van der Waals surface area contributed by atoms with Crippen molar-refractivity contribution in [2.75, 3.05) is 16.9 Å². The number of nitrogens with one attached hydrogen (secondary N) is 2. The van der Waals surface area contributed by atoms with Crippen LogP contribution in [0.4, 0.5) is 11.4 Å².